The van der Waals surface area contributed by atoms with Crippen molar-refractivity contribution in [3.05, 3.63) is 30.3 Å². The van der Waals surface area contributed by atoms with Gasteiger partial charge in [-0.05, 0) is 12.1 Å². The Balaban J connectivity index is 2.94. The highest BCUT2D eigenvalue weighted by Crippen LogP contribution is 2.13. The predicted molar refractivity (Wildman–Crippen MR) is 61.9 cm³/mol. The van der Waals surface area contributed by atoms with Crippen molar-refractivity contribution in [2.75, 3.05) is 5.75 Å². The Morgan fingerprint density at radius 2 is 1.93 bits per heavy atom. The highest BCUT2D eigenvalue weighted by Gasteiger charge is 2.18. The first kappa shape index (κ1) is 11.5. The molecule has 0 aliphatic carbocycles. The van der Waals surface area contributed by atoms with Crippen LogP contribution in [0, 0.1) is 11.3 Å². The number of benzene rings is 1. The summed E-state index contributed by atoms with van der Waals surface area (Å²) in [6.07, 6.45) is 0. The van der Waals surface area contributed by atoms with E-state index in [2.05, 4.69) is 0 Å². The molecule has 14 heavy (non-hydrogen) atoms. The van der Waals surface area contributed by atoms with Crippen LogP contribution >= 0.6 is 22.6 Å². The molecule has 0 N–H and O–H groups in total. The Bertz CT molecular complexity index is 436. The summed E-state index contributed by atoms with van der Waals surface area (Å²) < 4.78 is 22.8. The van der Waals surface area contributed by atoms with E-state index in [1.165, 1.54) is 12.1 Å². The lowest BCUT2D eigenvalue weighted by atomic mass is 10.4. The third kappa shape index (κ3) is 2.96. The smallest absolute Gasteiger partial charge is 0.180 e. The number of halogens is 1. The van der Waals surface area contributed by atoms with Gasteiger partial charge in [0.1, 0.15) is 3.92 Å². The zero-order chi connectivity index (χ0) is 10.6. The molecule has 1 aromatic carbocycles. The summed E-state index contributed by atoms with van der Waals surface area (Å²) in [6, 6.07) is 10.1. The second-order valence-electron chi connectivity index (χ2n) is 2.69. The number of nitriles is 1. The van der Waals surface area contributed by atoms with E-state index < -0.39 is 13.8 Å². The Morgan fingerprint density at radius 1 is 1.36 bits per heavy atom. The van der Waals surface area contributed by atoms with Gasteiger partial charge in [-0.2, -0.15) is 5.26 Å². The van der Waals surface area contributed by atoms with Gasteiger partial charge in [0.05, 0.1) is 16.7 Å². The fourth-order valence-electron chi connectivity index (χ4n) is 0.954. The van der Waals surface area contributed by atoms with Crippen molar-refractivity contribution in [3.63, 3.8) is 0 Å². The van der Waals surface area contributed by atoms with E-state index in [1.54, 1.807) is 18.2 Å². The van der Waals surface area contributed by atoms with Crippen LogP contribution in [0.15, 0.2) is 35.2 Å². The van der Waals surface area contributed by atoms with Gasteiger partial charge in [0.25, 0.3) is 0 Å². The number of hydrogen-bond acceptors (Lipinski definition) is 3. The predicted octanol–water partition coefficient (Wildman–Crippen LogP) is 1.79. The van der Waals surface area contributed by atoms with Crippen molar-refractivity contribution >= 4 is 32.4 Å². The molecule has 0 spiro atoms. The van der Waals surface area contributed by atoms with Gasteiger partial charge in [0.2, 0.25) is 0 Å². The van der Waals surface area contributed by atoms with Crippen LogP contribution in [0.1, 0.15) is 0 Å². The summed E-state index contributed by atoms with van der Waals surface area (Å²) >= 11 is 1.82. The SMILES string of the molecule is N#C[C@H](I)CS(=O)(=O)c1ccccc1. The maximum Gasteiger partial charge on any atom is 0.180 e. The molecule has 0 fully saturated rings. The zero-order valence-corrected chi connectivity index (χ0v) is 10.2. The quantitative estimate of drug-likeness (QED) is 0.630. The molecular weight excluding hydrogens is 313 g/mol. The largest absolute Gasteiger partial charge is 0.224 e. The second kappa shape index (κ2) is 4.75. The highest BCUT2D eigenvalue weighted by atomic mass is 127. The summed E-state index contributed by atoms with van der Waals surface area (Å²) in [5, 5.41) is 8.52. The molecule has 0 amide bonds. The van der Waals surface area contributed by atoms with E-state index in [0.29, 0.717) is 0 Å². The molecule has 0 radical (unpaired) electrons. The molecule has 0 saturated carbocycles. The van der Waals surface area contributed by atoms with Gasteiger partial charge in [-0.1, -0.05) is 40.8 Å². The van der Waals surface area contributed by atoms with E-state index in [-0.39, 0.29) is 10.6 Å². The molecule has 74 valence electrons. The maximum absolute atomic E-state index is 11.6. The normalized spacial score (nSPS) is 13.1. The Morgan fingerprint density at radius 3 is 2.43 bits per heavy atom. The van der Waals surface area contributed by atoms with Crippen LogP contribution in [0.25, 0.3) is 0 Å². The van der Waals surface area contributed by atoms with Crippen molar-refractivity contribution in [2.45, 2.75) is 8.82 Å². The van der Waals surface area contributed by atoms with Gasteiger partial charge in [0.15, 0.2) is 9.84 Å². The first-order chi connectivity index (χ1) is 6.56. The Kier molecular flexibility index (Phi) is 3.89. The van der Waals surface area contributed by atoms with Crippen LogP contribution in [0.2, 0.25) is 0 Å². The maximum atomic E-state index is 11.6. The van der Waals surface area contributed by atoms with Gasteiger partial charge in [-0.3, -0.25) is 0 Å². The summed E-state index contributed by atoms with van der Waals surface area (Å²) in [5.74, 6) is -0.131. The average Bonchev–Trinajstić information content (AvgIpc) is 2.18. The number of alkyl halides is 1. The minimum Gasteiger partial charge on any atom is -0.224 e. The fourth-order valence-corrected chi connectivity index (χ4v) is 3.60. The molecule has 0 aliphatic heterocycles. The number of sulfone groups is 1. The lowest BCUT2D eigenvalue weighted by Crippen LogP contribution is -2.14. The van der Waals surface area contributed by atoms with Gasteiger partial charge in [-0.25, -0.2) is 8.42 Å². The minimum atomic E-state index is -3.30. The molecule has 0 aromatic heterocycles. The van der Waals surface area contributed by atoms with Gasteiger partial charge in [0, 0.05) is 0 Å². The first-order valence-electron chi connectivity index (χ1n) is 3.88. The molecule has 0 bridgehead atoms. The van der Waals surface area contributed by atoms with E-state index in [0.717, 1.165) is 0 Å². The molecule has 3 nitrogen and oxygen atoms in total. The van der Waals surface area contributed by atoms with Gasteiger partial charge < -0.3 is 0 Å². The molecule has 0 unspecified atom stereocenters. The summed E-state index contributed by atoms with van der Waals surface area (Å²) in [5.41, 5.74) is 0. The third-order valence-electron chi connectivity index (χ3n) is 1.61. The van der Waals surface area contributed by atoms with Crippen LogP contribution < -0.4 is 0 Å². The Hall–Kier alpha value is -0.610. The molecule has 1 aromatic rings. The van der Waals surface area contributed by atoms with Gasteiger partial charge >= 0.3 is 0 Å². The standard InChI is InChI=1S/C9H8INO2S/c10-8(6-11)7-14(12,13)9-4-2-1-3-5-9/h1-5,8H,7H2/t8-/m0/s1. The van der Waals surface area contributed by atoms with E-state index in [9.17, 15) is 8.42 Å². The van der Waals surface area contributed by atoms with Crippen LogP contribution in [0.3, 0.4) is 0 Å². The van der Waals surface area contributed by atoms with Crippen molar-refractivity contribution in [3.8, 4) is 6.07 Å². The lowest BCUT2D eigenvalue weighted by molar-refractivity contribution is 0.596. The fraction of sp³-hybridized carbons (Fsp3) is 0.222. The minimum absolute atomic E-state index is 0.131. The highest BCUT2D eigenvalue weighted by molar-refractivity contribution is 14.1. The zero-order valence-electron chi connectivity index (χ0n) is 7.22. The molecule has 0 aliphatic rings. The van der Waals surface area contributed by atoms with Crippen LogP contribution in [0.4, 0.5) is 0 Å². The summed E-state index contributed by atoms with van der Waals surface area (Å²) in [4.78, 5) is 0.275. The molecular formula is C9H8INO2S. The van der Waals surface area contributed by atoms with Crippen molar-refractivity contribution in [1.29, 1.82) is 5.26 Å². The van der Waals surface area contributed by atoms with Crippen molar-refractivity contribution in [1.82, 2.24) is 0 Å². The number of hydrogen-bond donors (Lipinski definition) is 0. The molecule has 1 atom stereocenters. The topological polar surface area (TPSA) is 57.9 Å². The van der Waals surface area contributed by atoms with Crippen molar-refractivity contribution < 1.29 is 8.42 Å². The van der Waals surface area contributed by atoms with Crippen LogP contribution in [-0.2, 0) is 9.84 Å². The van der Waals surface area contributed by atoms with Crippen molar-refractivity contribution in [2.24, 2.45) is 0 Å². The number of nitrogens with zero attached hydrogens (tertiary/aromatic N) is 1. The summed E-state index contributed by atoms with van der Waals surface area (Å²) in [7, 11) is -3.30. The average molecular weight is 321 g/mol. The monoisotopic (exact) mass is 321 g/mol. The molecule has 0 saturated heterocycles. The molecule has 1 rings (SSSR count). The molecule has 0 heterocycles. The lowest BCUT2D eigenvalue weighted by Gasteiger charge is -2.03. The van der Waals surface area contributed by atoms with Crippen LogP contribution in [-0.4, -0.2) is 18.1 Å². The van der Waals surface area contributed by atoms with Gasteiger partial charge in [-0.15, -0.1) is 0 Å². The second-order valence-corrected chi connectivity index (χ2v) is 6.23. The van der Waals surface area contributed by atoms with E-state index in [1.807, 2.05) is 28.7 Å². The van der Waals surface area contributed by atoms with E-state index >= 15 is 0 Å². The van der Waals surface area contributed by atoms with E-state index in [4.69, 9.17) is 5.26 Å². The number of rotatable bonds is 3. The summed E-state index contributed by atoms with van der Waals surface area (Å²) in [6.45, 7) is 0. The molecule has 5 heteroatoms. The third-order valence-corrected chi connectivity index (χ3v) is 4.69. The first-order valence-corrected chi connectivity index (χ1v) is 6.77. The van der Waals surface area contributed by atoms with Crippen LogP contribution in [0.5, 0.6) is 0 Å². The Labute approximate surface area is 96.8 Å².